The third-order valence-electron chi connectivity index (χ3n) is 4.11. The molecule has 0 aliphatic heterocycles. The van der Waals surface area contributed by atoms with E-state index >= 15 is 0 Å². The molecule has 1 N–H and O–H groups in total. The highest BCUT2D eigenvalue weighted by atomic mass is 32.2. The van der Waals surface area contributed by atoms with Crippen molar-refractivity contribution in [3.63, 3.8) is 0 Å². The number of methoxy groups -OCH3 is 2. The van der Waals surface area contributed by atoms with Crippen LogP contribution in [0.1, 0.15) is 5.56 Å². The lowest BCUT2D eigenvalue weighted by Gasteiger charge is -2.12. The Bertz CT molecular complexity index is 985. The molecule has 0 heterocycles. The van der Waals surface area contributed by atoms with E-state index in [0.29, 0.717) is 23.8 Å². The SMILES string of the molecule is COc1ccc(/C=C/C(=O)NCCOc2ccc(S(=O)(=O)N(C)C)cc2)cc1OC. The number of carbonyl (C=O) groups is 1. The van der Waals surface area contributed by atoms with E-state index in [1.54, 1.807) is 44.6 Å². The maximum atomic E-state index is 12.0. The van der Waals surface area contributed by atoms with E-state index in [-0.39, 0.29) is 17.4 Å². The fourth-order valence-corrected chi connectivity index (χ4v) is 3.35. The van der Waals surface area contributed by atoms with E-state index in [1.807, 2.05) is 6.07 Å². The number of amides is 1. The van der Waals surface area contributed by atoms with Gasteiger partial charge in [-0.05, 0) is 48.0 Å². The molecule has 2 aromatic rings. The van der Waals surface area contributed by atoms with Gasteiger partial charge in [0.25, 0.3) is 0 Å². The topological polar surface area (TPSA) is 94.2 Å². The second-order valence-corrected chi connectivity index (χ2v) is 8.50. The van der Waals surface area contributed by atoms with E-state index < -0.39 is 10.0 Å². The molecule has 0 atom stereocenters. The maximum Gasteiger partial charge on any atom is 0.244 e. The smallest absolute Gasteiger partial charge is 0.244 e. The molecule has 0 radical (unpaired) electrons. The van der Waals surface area contributed by atoms with Gasteiger partial charge in [-0.3, -0.25) is 4.79 Å². The molecule has 0 saturated carbocycles. The summed E-state index contributed by atoms with van der Waals surface area (Å²) in [5.74, 6) is 1.45. The summed E-state index contributed by atoms with van der Waals surface area (Å²) in [7, 11) is 2.59. The number of carbonyl (C=O) groups excluding carboxylic acids is 1. The normalized spacial score (nSPS) is 11.5. The Hall–Kier alpha value is -3.04. The number of hydrogen-bond acceptors (Lipinski definition) is 6. The Morgan fingerprint density at radius 2 is 1.70 bits per heavy atom. The van der Waals surface area contributed by atoms with Crippen LogP contribution in [-0.2, 0) is 14.8 Å². The van der Waals surface area contributed by atoms with Gasteiger partial charge in [0.2, 0.25) is 15.9 Å². The highest BCUT2D eigenvalue weighted by molar-refractivity contribution is 7.89. The molecular formula is C21H26N2O6S. The Balaban J connectivity index is 1.80. The number of rotatable bonds is 10. The second kappa shape index (κ2) is 10.7. The van der Waals surface area contributed by atoms with Crippen LogP contribution in [0, 0.1) is 0 Å². The van der Waals surface area contributed by atoms with E-state index in [2.05, 4.69) is 5.32 Å². The molecule has 0 aromatic heterocycles. The fraction of sp³-hybridized carbons (Fsp3) is 0.286. The average Bonchev–Trinajstić information content (AvgIpc) is 2.75. The van der Waals surface area contributed by atoms with Crippen molar-refractivity contribution in [1.82, 2.24) is 9.62 Å². The van der Waals surface area contributed by atoms with E-state index in [0.717, 1.165) is 9.87 Å². The van der Waals surface area contributed by atoms with E-state index in [4.69, 9.17) is 14.2 Å². The molecule has 162 valence electrons. The van der Waals surface area contributed by atoms with Gasteiger partial charge in [-0.2, -0.15) is 0 Å². The Morgan fingerprint density at radius 3 is 2.30 bits per heavy atom. The summed E-state index contributed by atoms with van der Waals surface area (Å²) < 4.78 is 41.1. The monoisotopic (exact) mass is 434 g/mol. The molecule has 1 amide bonds. The molecule has 2 aromatic carbocycles. The molecule has 8 nitrogen and oxygen atoms in total. The Morgan fingerprint density at radius 1 is 1.03 bits per heavy atom. The summed E-state index contributed by atoms with van der Waals surface area (Å²) in [6.07, 6.45) is 3.09. The van der Waals surface area contributed by atoms with Crippen LogP contribution in [0.2, 0.25) is 0 Å². The van der Waals surface area contributed by atoms with Gasteiger partial charge < -0.3 is 19.5 Å². The molecule has 0 aliphatic carbocycles. The predicted octanol–water partition coefficient (Wildman–Crippen LogP) is 2.16. The number of nitrogens with zero attached hydrogens (tertiary/aromatic N) is 1. The van der Waals surface area contributed by atoms with Gasteiger partial charge in [0, 0.05) is 20.2 Å². The van der Waals surface area contributed by atoms with Crippen molar-refractivity contribution in [2.45, 2.75) is 4.90 Å². The van der Waals surface area contributed by atoms with Gasteiger partial charge in [0.05, 0.1) is 25.7 Å². The number of sulfonamides is 1. The first-order valence-electron chi connectivity index (χ1n) is 9.11. The zero-order valence-corrected chi connectivity index (χ0v) is 18.2. The maximum absolute atomic E-state index is 12.0. The molecule has 30 heavy (non-hydrogen) atoms. The first-order chi connectivity index (χ1) is 14.3. The fourth-order valence-electron chi connectivity index (χ4n) is 2.45. The minimum Gasteiger partial charge on any atom is -0.493 e. The average molecular weight is 435 g/mol. The van der Waals surface area contributed by atoms with Gasteiger partial charge in [0.15, 0.2) is 11.5 Å². The summed E-state index contributed by atoms with van der Waals surface area (Å²) in [5, 5.41) is 2.72. The van der Waals surface area contributed by atoms with Crippen LogP contribution >= 0.6 is 0 Å². The van der Waals surface area contributed by atoms with Gasteiger partial charge in [-0.15, -0.1) is 0 Å². The summed E-state index contributed by atoms with van der Waals surface area (Å²) in [4.78, 5) is 12.1. The molecule has 0 spiro atoms. The highest BCUT2D eigenvalue weighted by Crippen LogP contribution is 2.27. The molecular weight excluding hydrogens is 408 g/mol. The first kappa shape index (κ1) is 23.2. The van der Waals surface area contributed by atoms with Crippen molar-refractivity contribution < 1.29 is 27.4 Å². The van der Waals surface area contributed by atoms with Crippen LogP contribution < -0.4 is 19.5 Å². The number of ether oxygens (including phenoxy) is 3. The van der Waals surface area contributed by atoms with Crippen molar-refractivity contribution >= 4 is 22.0 Å². The van der Waals surface area contributed by atoms with Crippen LogP contribution in [-0.4, -0.2) is 60.1 Å². The highest BCUT2D eigenvalue weighted by Gasteiger charge is 2.16. The molecule has 0 bridgehead atoms. The lowest BCUT2D eigenvalue weighted by molar-refractivity contribution is -0.116. The summed E-state index contributed by atoms with van der Waals surface area (Å²) in [6.45, 7) is 0.544. The van der Waals surface area contributed by atoms with E-state index in [1.165, 1.54) is 32.3 Å². The summed E-state index contributed by atoms with van der Waals surface area (Å²) >= 11 is 0. The van der Waals surface area contributed by atoms with Crippen LogP contribution in [0.3, 0.4) is 0 Å². The minimum absolute atomic E-state index is 0.188. The molecule has 0 unspecified atom stereocenters. The van der Waals surface area contributed by atoms with Crippen LogP contribution in [0.5, 0.6) is 17.2 Å². The standard InChI is InChI=1S/C21H26N2O6S/c1-23(2)30(25,26)18-9-7-17(8-10-18)29-14-13-22-21(24)12-6-16-5-11-19(27-3)20(15-16)28-4/h5-12,15H,13-14H2,1-4H3,(H,22,24)/b12-6+. The molecule has 0 saturated heterocycles. The van der Waals surface area contributed by atoms with Crippen molar-refractivity contribution in [3.8, 4) is 17.2 Å². The lowest BCUT2D eigenvalue weighted by atomic mass is 10.2. The zero-order valence-electron chi connectivity index (χ0n) is 17.4. The van der Waals surface area contributed by atoms with Crippen LogP contribution in [0.4, 0.5) is 0 Å². The van der Waals surface area contributed by atoms with Crippen molar-refractivity contribution in [1.29, 1.82) is 0 Å². The summed E-state index contributed by atoms with van der Waals surface area (Å²) in [5.41, 5.74) is 0.798. The van der Waals surface area contributed by atoms with Gasteiger partial charge in [0.1, 0.15) is 12.4 Å². The Kier molecular flexibility index (Phi) is 8.25. The molecule has 0 fully saturated rings. The third kappa shape index (κ3) is 6.23. The number of benzene rings is 2. The van der Waals surface area contributed by atoms with Gasteiger partial charge in [-0.1, -0.05) is 6.07 Å². The van der Waals surface area contributed by atoms with Gasteiger partial charge >= 0.3 is 0 Å². The van der Waals surface area contributed by atoms with Crippen molar-refractivity contribution in [3.05, 3.63) is 54.1 Å². The largest absolute Gasteiger partial charge is 0.493 e. The molecule has 9 heteroatoms. The number of hydrogen-bond donors (Lipinski definition) is 1. The van der Waals surface area contributed by atoms with Crippen molar-refractivity contribution in [2.24, 2.45) is 0 Å². The van der Waals surface area contributed by atoms with Crippen LogP contribution in [0.15, 0.2) is 53.4 Å². The minimum atomic E-state index is -3.47. The first-order valence-corrected chi connectivity index (χ1v) is 10.5. The summed E-state index contributed by atoms with van der Waals surface area (Å²) in [6, 6.07) is 11.5. The van der Waals surface area contributed by atoms with E-state index in [9.17, 15) is 13.2 Å². The Labute approximate surface area is 177 Å². The lowest BCUT2D eigenvalue weighted by Crippen LogP contribution is -2.26. The molecule has 0 aliphatic rings. The van der Waals surface area contributed by atoms with Crippen molar-refractivity contribution in [2.75, 3.05) is 41.5 Å². The van der Waals surface area contributed by atoms with Gasteiger partial charge in [-0.25, -0.2) is 12.7 Å². The second-order valence-electron chi connectivity index (χ2n) is 6.35. The number of nitrogens with one attached hydrogen (secondary N) is 1. The van der Waals surface area contributed by atoms with Crippen LogP contribution in [0.25, 0.3) is 6.08 Å². The zero-order chi connectivity index (χ0) is 22.1. The predicted molar refractivity (Wildman–Crippen MR) is 114 cm³/mol. The quantitative estimate of drug-likeness (QED) is 0.455. The third-order valence-corrected chi connectivity index (χ3v) is 5.94. The molecule has 2 rings (SSSR count).